The van der Waals surface area contributed by atoms with E-state index in [9.17, 15) is 0 Å². The van der Waals surface area contributed by atoms with Gasteiger partial charge in [-0.1, -0.05) is 41.9 Å². The van der Waals surface area contributed by atoms with Crippen LogP contribution in [0.2, 0.25) is 5.02 Å². The molecule has 0 heterocycles. The molecule has 2 rings (SSSR count). The highest BCUT2D eigenvalue weighted by Gasteiger charge is 2.01. The molecule has 0 aliphatic carbocycles. The van der Waals surface area contributed by atoms with E-state index in [-0.39, 0.29) is 0 Å². The summed E-state index contributed by atoms with van der Waals surface area (Å²) in [6, 6.07) is 17.7. The molecule has 0 aromatic heterocycles. The highest BCUT2D eigenvalue weighted by atomic mass is 35.5. The molecule has 0 aliphatic rings. The highest BCUT2D eigenvalue weighted by molar-refractivity contribution is 6.30. The minimum absolute atomic E-state index is 0.732. The first kappa shape index (κ1) is 12.7. The highest BCUT2D eigenvalue weighted by Crippen LogP contribution is 2.17. The van der Waals surface area contributed by atoms with Crippen LogP contribution in [0.15, 0.2) is 59.7 Å². The van der Waals surface area contributed by atoms with Gasteiger partial charge in [-0.25, -0.2) is 0 Å². The third-order valence-corrected chi connectivity index (χ3v) is 2.94. The van der Waals surface area contributed by atoms with E-state index in [1.807, 2.05) is 61.4 Å². The lowest BCUT2D eigenvalue weighted by molar-refractivity contribution is 1.01. The molecular weight excluding hydrogens is 244 g/mol. The number of benzene rings is 2. The topological polar surface area (TPSA) is 15.6 Å². The lowest BCUT2D eigenvalue weighted by atomic mass is 10.1. The van der Waals surface area contributed by atoms with E-state index in [0.29, 0.717) is 0 Å². The molecule has 0 unspecified atom stereocenters. The molecule has 18 heavy (non-hydrogen) atoms. The van der Waals surface area contributed by atoms with E-state index in [1.54, 1.807) is 0 Å². The van der Waals surface area contributed by atoms with Crippen molar-refractivity contribution in [1.82, 2.24) is 0 Å². The molecule has 0 atom stereocenters. The fourth-order valence-corrected chi connectivity index (χ4v) is 1.80. The number of nitrogens with zero attached hydrogens (tertiary/aromatic N) is 2. The zero-order valence-electron chi connectivity index (χ0n) is 10.5. The molecule has 0 saturated heterocycles. The van der Waals surface area contributed by atoms with Crippen LogP contribution in [0.5, 0.6) is 0 Å². The van der Waals surface area contributed by atoms with Gasteiger partial charge in [-0.05, 0) is 36.8 Å². The Bertz CT molecular complexity index is 532. The molecule has 0 N–H and O–H groups in total. The Labute approximate surface area is 113 Å². The third kappa shape index (κ3) is 3.11. The number of hydrogen-bond acceptors (Lipinski definition) is 2. The normalized spacial score (nSPS) is 11.4. The van der Waals surface area contributed by atoms with Gasteiger partial charge in [0.1, 0.15) is 0 Å². The first-order valence-electron chi connectivity index (χ1n) is 5.77. The fourth-order valence-electron chi connectivity index (χ4n) is 1.68. The summed E-state index contributed by atoms with van der Waals surface area (Å²) in [6.07, 6.45) is 0. The van der Waals surface area contributed by atoms with Gasteiger partial charge in [-0.3, -0.25) is 5.01 Å². The van der Waals surface area contributed by atoms with Crippen molar-refractivity contribution in [3.8, 4) is 0 Å². The van der Waals surface area contributed by atoms with E-state index >= 15 is 0 Å². The summed E-state index contributed by atoms with van der Waals surface area (Å²) in [6.45, 7) is 2.00. The Balaban J connectivity index is 2.20. The summed E-state index contributed by atoms with van der Waals surface area (Å²) >= 11 is 5.86. The number of anilines is 1. The number of halogens is 1. The second-order valence-corrected chi connectivity index (χ2v) is 4.49. The van der Waals surface area contributed by atoms with Gasteiger partial charge < -0.3 is 0 Å². The Kier molecular flexibility index (Phi) is 4.00. The molecule has 0 spiro atoms. The Morgan fingerprint density at radius 1 is 1.00 bits per heavy atom. The SMILES string of the molecule is CC(=NN(C)c1ccc(Cl)cc1)c1ccccc1. The van der Waals surface area contributed by atoms with Gasteiger partial charge in [-0.15, -0.1) is 0 Å². The summed E-state index contributed by atoms with van der Waals surface area (Å²) in [5.41, 5.74) is 3.11. The van der Waals surface area contributed by atoms with Crippen LogP contribution in [0, 0.1) is 0 Å². The average molecular weight is 259 g/mol. The predicted molar refractivity (Wildman–Crippen MR) is 78.5 cm³/mol. The van der Waals surface area contributed by atoms with Crippen molar-refractivity contribution in [3.63, 3.8) is 0 Å². The Morgan fingerprint density at radius 2 is 1.61 bits per heavy atom. The molecular formula is C15H15ClN2. The van der Waals surface area contributed by atoms with Gasteiger partial charge in [0.15, 0.2) is 0 Å². The molecule has 0 amide bonds. The predicted octanol–water partition coefficient (Wildman–Crippen LogP) is 4.20. The zero-order valence-corrected chi connectivity index (χ0v) is 11.2. The first-order chi connectivity index (χ1) is 8.66. The minimum atomic E-state index is 0.732. The molecule has 2 aromatic carbocycles. The van der Waals surface area contributed by atoms with Gasteiger partial charge in [0.05, 0.1) is 11.4 Å². The summed E-state index contributed by atoms with van der Waals surface area (Å²) < 4.78 is 0. The van der Waals surface area contributed by atoms with Crippen LogP contribution in [-0.4, -0.2) is 12.8 Å². The lowest BCUT2D eigenvalue weighted by Crippen LogP contribution is -2.12. The van der Waals surface area contributed by atoms with Crippen molar-refractivity contribution in [2.45, 2.75) is 6.92 Å². The van der Waals surface area contributed by atoms with Crippen molar-refractivity contribution < 1.29 is 0 Å². The smallest absolute Gasteiger partial charge is 0.0650 e. The summed E-state index contributed by atoms with van der Waals surface area (Å²) in [4.78, 5) is 0. The van der Waals surface area contributed by atoms with Crippen LogP contribution in [0.1, 0.15) is 12.5 Å². The maximum absolute atomic E-state index is 5.86. The van der Waals surface area contributed by atoms with Gasteiger partial charge in [0, 0.05) is 12.1 Å². The van der Waals surface area contributed by atoms with Crippen molar-refractivity contribution >= 4 is 23.0 Å². The van der Waals surface area contributed by atoms with Gasteiger partial charge >= 0.3 is 0 Å². The molecule has 2 aromatic rings. The Hall–Kier alpha value is -1.80. The first-order valence-corrected chi connectivity index (χ1v) is 6.14. The van der Waals surface area contributed by atoms with E-state index in [0.717, 1.165) is 22.0 Å². The molecule has 0 saturated carbocycles. The maximum atomic E-state index is 5.86. The van der Waals surface area contributed by atoms with Crippen LogP contribution in [-0.2, 0) is 0 Å². The van der Waals surface area contributed by atoms with Gasteiger partial charge in [0.25, 0.3) is 0 Å². The van der Waals surface area contributed by atoms with Crippen LogP contribution < -0.4 is 5.01 Å². The summed E-state index contributed by atoms with van der Waals surface area (Å²) in [7, 11) is 1.93. The standard InChI is InChI=1S/C15H15ClN2/c1-12(13-6-4-3-5-7-13)17-18(2)15-10-8-14(16)9-11-15/h3-11H,1-2H3. The van der Waals surface area contributed by atoms with E-state index in [1.165, 1.54) is 0 Å². The van der Waals surface area contributed by atoms with Gasteiger partial charge in [0.2, 0.25) is 0 Å². The van der Waals surface area contributed by atoms with Crippen molar-refractivity contribution in [2.75, 3.05) is 12.1 Å². The Morgan fingerprint density at radius 3 is 2.22 bits per heavy atom. The second kappa shape index (κ2) is 5.69. The van der Waals surface area contributed by atoms with Crippen LogP contribution in [0.25, 0.3) is 0 Å². The zero-order chi connectivity index (χ0) is 13.0. The molecule has 2 nitrogen and oxygen atoms in total. The number of hydrogen-bond donors (Lipinski definition) is 0. The molecule has 92 valence electrons. The molecule has 0 bridgehead atoms. The monoisotopic (exact) mass is 258 g/mol. The number of rotatable bonds is 3. The van der Waals surface area contributed by atoms with E-state index < -0.39 is 0 Å². The maximum Gasteiger partial charge on any atom is 0.0650 e. The van der Waals surface area contributed by atoms with Crippen molar-refractivity contribution in [3.05, 3.63) is 65.2 Å². The van der Waals surface area contributed by atoms with E-state index in [2.05, 4.69) is 17.2 Å². The fraction of sp³-hybridized carbons (Fsp3) is 0.133. The molecule has 0 aliphatic heterocycles. The average Bonchev–Trinajstić information content (AvgIpc) is 2.40. The lowest BCUT2D eigenvalue weighted by Gasteiger charge is -2.14. The molecule has 0 fully saturated rings. The second-order valence-electron chi connectivity index (χ2n) is 4.05. The number of hydrazone groups is 1. The minimum Gasteiger partial charge on any atom is -0.268 e. The van der Waals surface area contributed by atoms with Crippen LogP contribution >= 0.6 is 11.6 Å². The quantitative estimate of drug-likeness (QED) is 0.595. The summed E-state index contributed by atoms with van der Waals surface area (Å²) in [5.74, 6) is 0. The van der Waals surface area contributed by atoms with Crippen LogP contribution in [0.4, 0.5) is 5.69 Å². The van der Waals surface area contributed by atoms with Crippen molar-refractivity contribution in [2.24, 2.45) is 5.10 Å². The summed E-state index contributed by atoms with van der Waals surface area (Å²) in [5, 5.41) is 7.13. The van der Waals surface area contributed by atoms with Crippen molar-refractivity contribution in [1.29, 1.82) is 0 Å². The largest absolute Gasteiger partial charge is 0.268 e. The molecule has 3 heteroatoms. The van der Waals surface area contributed by atoms with Crippen LogP contribution in [0.3, 0.4) is 0 Å². The van der Waals surface area contributed by atoms with E-state index in [4.69, 9.17) is 11.6 Å². The molecule has 0 radical (unpaired) electrons. The third-order valence-electron chi connectivity index (χ3n) is 2.69. The van der Waals surface area contributed by atoms with Gasteiger partial charge in [-0.2, -0.15) is 5.10 Å².